The first-order valence-corrected chi connectivity index (χ1v) is 5.37. The molecule has 4 nitrogen and oxygen atoms in total. The van der Waals surface area contributed by atoms with Crippen molar-refractivity contribution in [1.82, 2.24) is 4.90 Å². The van der Waals surface area contributed by atoms with Crippen LogP contribution in [0.2, 0.25) is 0 Å². The number of aliphatic hydroxyl groups is 1. The van der Waals surface area contributed by atoms with E-state index in [1.54, 1.807) is 11.0 Å². The van der Waals surface area contributed by atoms with Gasteiger partial charge in [-0.15, -0.1) is 0 Å². The van der Waals surface area contributed by atoms with Crippen molar-refractivity contribution >= 4 is 11.6 Å². The van der Waals surface area contributed by atoms with Crippen molar-refractivity contribution in [3.63, 3.8) is 0 Å². The molecule has 3 N–H and O–H groups in total. The topological polar surface area (TPSA) is 66.6 Å². The highest BCUT2D eigenvalue weighted by atomic mass is 16.3. The van der Waals surface area contributed by atoms with Gasteiger partial charge in [0.05, 0.1) is 12.2 Å². The lowest BCUT2D eigenvalue weighted by molar-refractivity contribution is 0.0733. The summed E-state index contributed by atoms with van der Waals surface area (Å²) < 4.78 is 0. The molecule has 1 rings (SSSR count). The number of aliphatic hydroxyl groups excluding tert-OH is 1. The smallest absolute Gasteiger partial charge is 0.256 e. The molecule has 0 aliphatic heterocycles. The van der Waals surface area contributed by atoms with E-state index in [-0.39, 0.29) is 12.5 Å². The quantitative estimate of drug-likeness (QED) is 0.748. The van der Waals surface area contributed by atoms with Gasteiger partial charge in [0.2, 0.25) is 0 Å². The molecule has 16 heavy (non-hydrogen) atoms. The van der Waals surface area contributed by atoms with E-state index < -0.39 is 0 Å². The van der Waals surface area contributed by atoms with Crippen LogP contribution < -0.4 is 5.73 Å². The van der Waals surface area contributed by atoms with Gasteiger partial charge in [0.1, 0.15) is 0 Å². The number of hydrogen-bond acceptors (Lipinski definition) is 3. The molecular formula is C12H18N2O2. The number of aryl methyl sites for hydroxylation is 1. The van der Waals surface area contributed by atoms with Gasteiger partial charge in [-0.2, -0.15) is 0 Å². The van der Waals surface area contributed by atoms with Crippen molar-refractivity contribution in [3.05, 3.63) is 29.3 Å². The molecule has 1 amide bonds. The average molecular weight is 222 g/mol. The average Bonchev–Trinajstić information content (AvgIpc) is 2.29. The van der Waals surface area contributed by atoms with Gasteiger partial charge < -0.3 is 15.7 Å². The number of para-hydroxylation sites is 1. The summed E-state index contributed by atoms with van der Waals surface area (Å²) in [5.74, 6) is -0.127. The van der Waals surface area contributed by atoms with Crippen molar-refractivity contribution in [3.8, 4) is 0 Å². The predicted molar refractivity (Wildman–Crippen MR) is 64.3 cm³/mol. The van der Waals surface area contributed by atoms with E-state index in [1.165, 1.54) is 0 Å². The van der Waals surface area contributed by atoms with Crippen LogP contribution in [-0.4, -0.2) is 35.6 Å². The largest absolute Gasteiger partial charge is 0.398 e. The zero-order valence-electron chi connectivity index (χ0n) is 9.73. The molecule has 0 spiro atoms. The molecule has 1 aromatic carbocycles. The minimum Gasteiger partial charge on any atom is -0.398 e. The van der Waals surface area contributed by atoms with Crippen LogP contribution in [0.25, 0.3) is 0 Å². The Morgan fingerprint density at radius 3 is 2.75 bits per heavy atom. The van der Waals surface area contributed by atoms with Crippen molar-refractivity contribution in [2.45, 2.75) is 13.8 Å². The molecule has 0 fully saturated rings. The number of likely N-dealkylation sites (N-methyl/N-ethyl adjacent to an activating group) is 1. The summed E-state index contributed by atoms with van der Waals surface area (Å²) >= 11 is 0. The van der Waals surface area contributed by atoms with Crippen LogP contribution >= 0.6 is 0 Å². The van der Waals surface area contributed by atoms with E-state index >= 15 is 0 Å². The summed E-state index contributed by atoms with van der Waals surface area (Å²) in [5, 5.41) is 8.86. The number of nitrogens with zero attached hydrogens (tertiary/aromatic N) is 1. The highest BCUT2D eigenvalue weighted by Crippen LogP contribution is 2.18. The molecule has 0 radical (unpaired) electrons. The second-order valence-corrected chi connectivity index (χ2v) is 3.64. The number of nitrogen functional groups attached to an aromatic ring is 1. The molecule has 0 aromatic heterocycles. The number of nitrogens with two attached hydrogens (primary N) is 1. The van der Waals surface area contributed by atoms with Gasteiger partial charge >= 0.3 is 0 Å². The molecule has 0 atom stereocenters. The molecule has 0 heterocycles. The molecule has 0 saturated carbocycles. The van der Waals surface area contributed by atoms with Gasteiger partial charge in [0.15, 0.2) is 0 Å². The minimum atomic E-state index is -0.127. The van der Waals surface area contributed by atoms with Crippen molar-refractivity contribution in [2.24, 2.45) is 0 Å². The summed E-state index contributed by atoms with van der Waals surface area (Å²) in [6.45, 7) is 4.61. The third-order valence-corrected chi connectivity index (χ3v) is 2.59. The first-order valence-electron chi connectivity index (χ1n) is 5.37. The van der Waals surface area contributed by atoms with Crippen molar-refractivity contribution in [2.75, 3.05) is 25.4 Å². The summed E-state index contributed by atoms with van der Waals surface area (Å²) in [5.41, 5.74) is 7.78. The van der Waals surface area contributed by atoms with E-state index in [1.807, 2.05) is 26.0 Å². The highest BCUT2D eigenvalue weighted by Gasteiger charge is 2.16. The number of amides is 1. The Kier molecular flexibility index (Phi) is 4.31. The lowest BCUT2D eigenvalue weighted by atomic mass is 10.1. The summed E-state index contributed by atoms with van der Waals surface area (Å²) in [7, 11) is 0. The van der Waals surface area contributed by atoms with Crippen LogP contribution in [0.4, 0.5) is 5.69 Å². The molecule has 1 aromatic rings. The number of carbonyl (C=O) groups is 1. The Hall–Kier alpha value is -1.55. The zero-order valence-corrected chi connectivity index (χ0v) is 9.73. The standard InChI is InChI=1S/C12H18N2O2/c1-3-14(7-8-15)12(16)10-6-4-5-9(2)11(10)13/h4-6,15H,3,7-8,13H2,1-2H3. The maximum absolute atomic E-state index is 12.1. The van der Waals surface area contributed by atoms with Gasteiger partial charge in [0, 0.05) is 18.8 Å². The molecule has 0 bridgehead atoms. The van der Waals surface area contributed by atoms with Gasteiger partial charge in [-0.3, -0.25) is 4.79 Å². The van der Waals surface area contributed by atoms with Crippen LogP contribution in [0.15, 0.2) is 18.2 Å². The second-order valence-electron chi connectivity index (χ2n) is 3.64. The molecule has 0 aliphatic carbocycles. The van der Waals surface area contributed by atoms with E-state index in [4.69, 9.17) is 10.8 Å². The first-order chi connectivity index (χ1) is 7.61. The van der Waals surface area contributed by atoms with E-state index in [2.05, 4.69) is 0 Å². The third kappa shape index (κ3) is 2.52. The molecule has 0 aliphatic rings. The van der Waals surface area contributed by atoms with Crippen LogP contribution in [0, 0.1) is 6.92 Å². The Morgan fingerprint density at radius 2 is 2.19 bits per heavy atom. The van der Waals surface area contributed by atoms with E-state index in [9.17, 15) is 4.79 Å². The fourth-order valence-electron chi connectivity index (χ4n) is 1.56. The zero-order chi connectivity index (χ0) is 12.1. The number of carbonyl (C=O) groups excluding carboxylic acids is 1. The first kappa shape index (κ1) is 12.5. The minimum absolute atomic E-state index is 0.0364. The SMILES string of the molecule is CCN(CCO)C(=O)c1cccc(C)c1N. The normalized spacial score (nSPS) is 10.2. The summed E-state index contributed by atoms with van der Waals surface area (Å²) in [6.07, 6.45) is 0. The Balaban J connectivity index is 2.99. The maximum atomic E-state index is 12.1. The maximum Gasteiger partial charge on any atom is 0.256 e. The van der Waals surface area contributed by atoms with Gasteiger partial charge in [-0.05, 0) is 25.5 Å². The number of anilines is 1. The summed E-state index contributed by atoms with van der Waals surface area (Å²) in [4.78, 5) is 13.6. The highest BCUT2D eigenvalue weighted by molar-refractivity contribution is 5.99. The van der Waals surface area contributed by atoms with Crippen LogP contribution in [0.3, 0.4) is 0 Å². The Morgan fingerprint density at radius 1 is 1.50 bits per heavy atom. The fourth-order valence-corrected chi connectivity index (χ4v) is 1.56. The van der Waals surface area contributed by atoms with Gasteiger partial charge in [0.25, 0.3) is 5.91 Å². The predicted octanol–water partition coefficient (Wildman–Crippen LogP) is 1.03. The lowest BCUT2D eigenvalue weighted by Gasteiger charge is -2.20. The van der Waals surface area contributed by atoms with Crippen molar-refractivity contribution in [1.29, 1.82) is 0 Å². The number of hydrogen-bond donors (Lipinski definition) is 2. The fraction of sp³-hybridized carbons (Fsp3) is 0.417. The number of benzene rings is 1. The molecule has 0 saturated heterocycles. The van der Waals surface area contributed by atoms with Crippen molar-refractivity contribution < 1.29 is 9.90 Å². The Labute approximate surface area is 95.7 Å². The van der Waals surface area contributed by atoms with Gasteiger partial charge in [-0.25, -0.2) is 0 Å². The summed E-state index contributed by atoms with van der Waals surface area (Å²) in [6, 6.07) is 5.39. The molecule has 88 valence electrons. The third-order valence-electron chi connectivity index (χ3n) is 2.59. The molecular weight excluding hydrogens is 204 g/mol. The Bertz CT molecular complexity index is 377. The monoisotopic (exact) mass is 222 g/mol. The molecule has 4 heteroatoms. The van der Waals surface area contributed by atoms with E-state index in [0.29, 0.717) is 24.3 Å². The second kappa shape index (κ2) is 5.51. The number of rotatable bonds is 4. The lowest BCUT2D eigenvalue weighted by Crippen LogP contribution is -2.33. The van der Waals surface area contributed by atoms with Crippen LogP contribution in [-0.2, 0) is 0 Å². The van der Waals surface area contributed by atoms with Gasteiger partial charge in [-0.1, -0.05) is 12.1 Å². The van der Waals surface area contributed by atoms with Crippen LogP contribution in [0.1, 0.15) is 22.8 Å². The van der Waals surface area contributed by atoms with E-state index in [0.717, 1.165) is 5.56 Å². The van der Waals surface area contributed by atoms with Crippen LogP contribution in [0.5, 0.6) is 0 Å². The molecule has 0 unspecified atom stereocenters.